The first-order chi connectivity index (χ1) is 9.32. The average Bonchev–Trinajstić information content (AvgIpc) is 2.41. The quantitative estimate of drug-likeness (QED) is 0.853. The number of hydrogen-bond donors (Lipinski definition) is 0. The molecule has 20 heavy (non-hydrogen) atoms. The standard InChI is InChI=1S/C13H18F2N2O2S/c1-10(2)16-5-7-17(8-6-16)20(18,19)13-9-11(14)3-4-12(13)15/h3-4,9-10H,5-8H2,1-2H3. The van der Waals surface area contributed by atoms with E-state index in [-0.39, 0.29) is 13.1 Å². The summed E-state index contributed by atoms with van der Waals surface area (Å²) in [5.74, 6) is -1.68. The summed E-state index contributed by atoms with van der Waals surface area (Å²) in [6.45, 7) is 5.83. The minimum Gasteiger partial charge on any atom is -0.298 e. The molecule has 112 valence electrons. The largest absolute Gasteiger partial charge is 0.298 e. The summed E-state index contributed by atoms with van der Waals surface area (Å²) in [5, 5.41) is 0. The molecule has 1 saturated heterocycles. The Hall–Kier alpha value is -1.05. The van der Waals surface area contributed by atoms with Gasteiger partial charge in [0.05, 0.1) is 0 Å². The van der Waals surface area contributed by atoms with E-state index in [1.54, 1.807) is 0 Å². The van der Waals surface area contributed by atoms with E-state index in [0.29, 0.717) is 19.1 Å². The number of sulfonamides is 1. The normalized spacial score (nSPS) is 18.6. The van der Waals surface area contributed by atoms with Crippen molar-refractivity contribution in [1.29, 1.82) is 0 Å². The van der Waals surface area contributed by atoms with E-state index in [9.17, 15) is 17.2 Å². The van der Waals surface area contributed by atoms with Crippen molar-refractivity contribution in [2.75, 3.05) is 26.2 Å². The first-order valence-electron chi connectivity index (χ1n) is 6.51. The van der Waals surface area contributed by atoms with Crippen molar-refractivity contribution in [1.82, 2.24) is 9.21 Å². The predicted molar refractivity (Wildman–Crippen MR) is 71.8 cm³/mol. The fourth-order valence-corrected chi connectivity index (χ4v) is 3.77. The summed E-state index contributed by atoms with van der Waals surface area (Å²) in [6, 6.07) is 2.82. The smallest absolute Gasteiger partial charge is 0.246 e. The lowest BCUT2D eigenvalue weighted by atomic mass is 10.3. The number of benzene rings is 1. The van der Waals surface area contributed by atoms with E-state index in [2.05, 4.69) is 4.90 Å². The molecule has 0 spiro atoms. The van der Waals surface area contributed by atoms with Crippen molar-refractivity contribution < 1.29 is 17.2 Å². The maximum absolute atomic E-state index is 13.6. The molecule has 0 saturated carbocycles. The summed E-state index contributed by atoms with van der Waals surface area (Å²) < 4.78 is 52.7. The molecular weight excluding hydrogens is 286 g/mol. The lowest BCUT2D eigenvalue weighted by Crippen LogP contribution is -2.50. The molecule has 0 radical (unpaired) electrons. The maximum Gasteiger partial charge on any atom is 0.246 e. The van der Waals surface area contributed by atoms with Gasteiger partial charge >= 0.3 is 0 Å². The number of hydrogen-bond acceptors (Lipinski definition) is 3. The molecule has 1 fully saturated rings. The van der Waals surface area contributed by atoms with E-state index >= 15 is 0 Å². The molecular formula is C13H18F2N2O2S. The molecule has 0 atom stereocenters. The van der Waals surface area contributed by atoms with Crippen molar-refractivity contribution in [3.8, 4) is 0 Å². The van der Waals surface area contributed by atoms with Crippen LogP contribution in [-0.4, -0.2) is 49.8 Å². The summed E-state index contributed by atoms with van der Waals surface area (Å²) in [6.07, 6.45) is 0. The van der Waals surface area contributed by atoms with Crippen molar-refractivity contribution in [3.05, 3.63) is 29.8 Å². The highest BCUT2D eigenvalue weighted by molar-refractivity contribution is 7.89. The molecule has 1 aromatic carbocycles. The van der Waals surface area contributed by atoms with Gasteiger partial charge in [-0.15, -0.1) is 0 Å². The molecule has 1 aliphatic rings. The Labute approximate surface area is 118 Å². The first kappa shape index (κ1) is 15.3. The van der Waals surface area contributed by atoms with Gasteiger partial charge in [-0.1, -0.05) is 0 Å². The first-order valence-corrected chi connectivity index (χ1v) is 7.95. The van der Waals surface area contributed by atoms with Crippen LogP contribution in [0.2, 0.25) is 0 Å². The van der Waals surface area contributed by atoms with Crippen molar-refractivity contribution in [2.45, 2.75) is 24.8 Å². The summed E-state index contributed by atoms with van der Waals surface area (Å²) in [5.41, 5.74) is 0. The Morgan fingerprint density at radius 2 is 1.70 bits per heavy atom. The van der Waals surface area contributed by atoms with Gasteiger partial charge in [0, 0.05) is 32.2 Å². The number of piperazine rings is 1. The number of nitrogens with zero attached hydrogens (tertiary/aromatic N) is 2. The molecule has 0 N–H and O–H groups in total. The van der Waals surface area contributed by atoms with E-state index in [1.165, 1.54) is 4.31 Å². The van der Waals surface area contributed by atoms with E-state index in [0.717, 1.165) is 18.2 Å². The third-order valence-electron chi connectivity index (χ3n) is 3.51. The van der Waals surface area contributed by atoms with Crippen LogP contribution >= 0.6 is 0 Å². The molecule has 1 heterocycles. The fourth-order valence-electron chi connectivity index (χ4n) is 2.27. The van der Waals surface area contributed by atoms with Crippen LogP contribution in [0.5, 0.6) is 0 Å². The lowest BCUT2D eigenvalue weighted by Gasteiger charge is -2.36. The zero-order valence-electron chi connectivity index (χ0n) is 11.5. The third kappa shape index (κ3) is 2.99. The summed E-state index contributed by atoms with van der Waals surface area (Å²) in [4.78, 5) is 1.56. The van der Waals surface area contributed by atoms with Crippen LogP contribution in [0.25, 0.3) is 0 Å². The van der Waals surface area contributed by atoms with Crippen molar-refractivity contribution in [3.63, 3.8) is 0 Å². The van der Waals surface area contributed by atoms with Crippen LogP contribution in [0.15, 0.2) is 23.1 Å². The zero-order valence-corrected chi connectivity index (χ0v) is 12.3. The fraction of sp³-hybridized carbons (Fsp3) is 0.538. The second-order valence-corrected chi connectivity index (χ2v) is 7.01. The Morgan fingerprint density at radius 3 is 2.25 bits per heavy atom. The maximum atomic E-state index is 13.6. The zero-order chi connectivity index (χ0) is 14.9. The van der Waals surface area contributed by atoms with Gasteiger partial charge in [0.25, 0.3) is 0 Å². The monoisotopic (exact) mass is 304 g/mol. The van der Waals surface area contributed by atoms with Crippen LogP contribution in [0.1, 0.15) is 13.8 Å². The molecule has 0 aliphatic carbocycles. The average molecular weight is 304 g/mol. The minimum absolute atomic E-state index is 0.288. The van der Waals surface area contributed by atoms with Gasteiger partial charge in [0.1, 0.15) is 16.5 Å². The van der Waals surface area contributed by atoms with Crippen molar-refractivity contribution >= 4 is 10.0 Å². The molecule has 0 amide bonds. The molecule has 4 nitrogen and oxygen atoms in total. The van der Waals surface area contributed by atoms with Gasteiger partial charge in [-0.25, -0.2) is 17.2 Å². The topological polar surface area (TPSA) is 40.6 Å². The highest BCUT2D eigenvalue weighted by atomic mass is 32.2. The van der Waals surface area contributed by atoms with Gasteiger partial charge in [-0.3, -0.25) is 4.90 Å². The van der Waals surface area contributed by atoms with E-state index in [1.807, 2.05) is 13.8 Å². The SMILES string of the molecule is CC(C)N1CCN(S(=O)(=O)c2cc(F)ccc2F)CC1. The molecule has 0 bridgehead atoms. The summed E-state index contributed by atoms with van der Waals surface area (Å²) >= 11 is 0. The highest BCUT2D eigenvalue weighted by Gasteiger charge is 2.31. The van der Waals surface area contributed by atoms with E-state index in [4.69, 9.17) is 0 Å². The molecule has 7 heteroatoms. The Morgan fingerprint density at radius 1 is 1.10 bits per heavy atom. The van der Waals surface area contributed by atoms with Crippen LogP contribution < -0.4 is 0 Å². The third-order valence-corrected chi connectivity index (χ3v) is 5.43. The Balaban J connectivity index is 2.22. The second kappa shape index (κ2) is 5.75. The predicted octanol–water partition coefficient (Wildman–Crippen LogP) is 1.68. The number of halogens is 2. The Bertz CT molecular complexity index is 582. The number of rotatable bonds is 3. The molecule has 2 rings (SSSR count). The molecule has 1 aliphatic heterocycles. The van der Waals surface area contributed by atoms with Gasteiger partial charge in [-0.05, 0) is 32.0 Å². The van der Waals surface area contributed by atoms with Crippen LogP contribution in [0.4, 0.5) is 8.78 Å². The molecule has 0 unspecified atom stereocenters. The van der Waals surface area contributed by atoms with Gasteiger partial charge in [0.15, 0.2) is 0 Å². The lowest BCUT2D eigenvalue weighted by molar-refractivity contribution is 0.154. The molecule has 0 aromatic heterocycles. The van der Waals surface area contributed by atoms with Crippen LogP contribution in [-0.2, 0) is 10.0 Å². The minimum atomic E-state index is -3.97. The van der Waals surface area contributed by atoms with Gasteiger partial charge < -0.3 is 0 Å². The van der Waals surface area contributed by atoms with Crippen LogP contribution in [0.3, 0.4) is 0 Å². The molecule has 1 aromatic rings. The second-order valence-electron chi connectivity index (χ2n) is 5.11. The Kier molecular flexibility index (Phi) is 4.41. The van der Waals surface area contributed by atoms with E-state index < -0.39 is 26.6 Å². The van der Waals surface area contributed by atoms with Gasteiger partial charge in [0.2, 0.25) is 10.0 Å². The highest BCUT2D eigenvalue weighted by Crippen LogP contribution is 2.22. The summed E-state index contributed by atoms with van der Waals surface area (Å²) in [7, 11) is -3.97. The van der Waals surface area contributed by atoms with Gasteiger partial charge in [-0.2, -0.15) is 4.31 Å². The van der Waals surface area contributed by atoms with Crippen molar-refractivity contribution in [2.24, 2.45) is 0 Å². The van der Waals surface area contributed by atoms with Crippen LogP contribution in [0, 0.1) is 11.6 Å².